The number of hydrogen-bond acceptors (Lipinski definition) is 3. The summed E-state index contributed by atoms with van der Waals surface area (Å²) in [5.74, 6) is 0.686. The molecule has 2 heterocycles. The van der Waals surface area contributed by atoms with Gasteiger partial charge in [0.15, 0.2) is 0 Å². The normalized spacial score (nSPS) is 26.2. The SMILES string of the molecule is CNCC1CCN(C)C1c1cncc(Br)c1. The van der Waals surface area contributed by atoms with Gasteiger partial charge in [-0.25, -0.2) is 0 Å². The van der Waals surface area contributed by atoms with E-state index in [1.165, 1.54) is 18.5 Å². The first kappa shape index (κ1) is 12.0. The van der Waals surface area contributed by atoms with Gasteiger partial charge in [-0.05, 0) is 67.1 Å². The van der Waals surface area contributed by atoms with Gasteiger partial charge in [0.05, 0.1) is 0 Å². The number of pyridine rings is 1. The van der Waals surface area contributed by atoms with Gasteiger partial charge in [0.25, 0.3) is 0 Å². The minimum atomic E-state index is 0.498. The highest BCUT2D eigenvalue weighted by Crippen LogP contribution is 2.35. The molecule has 1 aromatic rings. The Labute approximate surface area is 105 Å². The third kappa shape index (κ3) is 2.44. The molecule has 0 bridgehead atoms. The second-order valence-electron chi connectivity index (χ2n) is 4.47. The number of nitrogens with zero attached hydrogens (tertiary/aromatic N) is 2. The van der Waals surface area contributed by atoms with Crippen molar-refractivity contribution in [3.8, 4) is 0 Å². The summed E-state index contributed by atoms with van der Waals surface area (Å²) >= 11 is 3.49. The lowest BCUT2D eigenvalue weighted by Gasteiger charge is -2.25. The topological polar surface area (TPSA) is 28.2 Å². The summed E-state index contributed by atoms with van der Waals surface area (Å²) in [4.78, 5) is 6.69. The Bertz CT molecular complexity index is 354. The van der Waals surface area contributed by atoms with E-state index in [9.17, 15) is 0 Å². The molecule has 0 aromatic carbocycles. The fourth-order valence-electron chi connectivity index (χ4n) is 2.62. The second kappa shape index (κ2) is 5.25. The Morgan fingerprint density at radius 2 is 2.38 bits per heavy atom. The maximum atomic E-state index is 4.26. The lowest BCUT2D eigenvalue weighted by molar-refractivity contribution is 0.274. The van der Waals surface area contributed by atoms with Gasteiger partial charge >= 0.3 is 0 Å². The third-order valence-electron chi connectivity index (χ3n) is 3.31. The molecule has 0 aliphatic carbocycles. The highest BCUT2D eigenvalue weighted by atomic mass is 79.9. The van der Waals surface area contributed by atoms with Crippen LogP contribution < -0.4 is 5.32 Å². The number of rotatable bonds is 3. The van der Waals surface area contributed by atoms with Crippen molar-refractivity contribution in [1.82, 2.24) is 15.2 Å². The van der Waals surface area contributed by atoms with Crippen LogP contribution in [0.25, 0.3) is 0 Å². The Morgan fingerprint density at radius 1 is 1.56 bits per heavy atom. The lowest BCUT2D eigenvalue weighted by atomic mass is 9.95. The number of hydrogen-bond donors (Lipinski definition) is 1. The van der Waals surface area contributed by atoms with Crippen molar-refractivity contribution in [2.45, 2.75) is 12.5 Å². The van der Waals surface area contributed by atoms with Crippen molar-refractivity contribution in [1.29, 1.82) is 0 Å². The molecule has 2 atom stereocenters. The van der Waals surface area contributed by atoms with Crippen LogP contribution in [0.15, 0.2) is 22.9 Å². The second-order valence-corrected chi connectivity index (χ2v) is 5.38. The minimum Gasteiger partial charge on any atom is -0.319 e. The van der Waals surface area contributed by atoms with E-state index in [0.717, 1.165) is 11.0 Å². The predicted molar refractivity (Wildman–Crippen MR) is 69.3 cm³/mol. The zero-order valence-corrected chi connectivity index (χ0v) is 11.4. The molecule has 1 fully saturated rings. The van der Waals surface area contributed by atoms with E-state index in [-0.39, 0.29) is 0 Å². The van der Waals surface area contributed by atoms with E-state index in [0.29, 0.717) is 12.0 Å². The van der Waals surface area contributed by atoms with E-state index in [1.54, 1.807) is 0 Å². The van der Waals surface area contributed by atoms with Gasteiger partial charge in [0.1, 0.15) is 0 Å². The van der Waals surface area contributed by atoms with Gasteiger partial charge in [-0.15, -0.1) is 0 Å². The summed E-state index contributed by atoms with van der Waals surface area (Å²) in [6.45, 7) is 2.24. The molecule has 0 radical (unpaired) electrons. The van der Waals surface area contributed by atoms with Gasteiger partial charge in [-0.3, -0.25) is 9.88 Å². The van der Waals surface area contributed by atoms with Crippen LogP contribution >= 0.6 is 15.9 Å². The van der Waals surface area contributed by atoms with E-state index >= 15 is 0 Å². The number of halogens is 1. The Kier molecular flexibility index (Phi) is 3.95. The van der Waals surface area contributed by atoms with Crippen LogP contribution in [-0.4, -0.2) is 37.1 Å². The summed E-state index contributed by atoms with van der Waals surface area (Å²) < 4.78 is 1.06. The molecule has 0 saturated carbocycles. The molecule has 1 saturated heterocycles. The lowest BCUT2D eigenvalue weighted by Crippen LogP contribution is -2.26. The van der Waals surface area contributed by atoms with Crippen LogP contribution in [0.4, 0.5) is 0 Å². The summed E-state index contributed by atoms with van der Waals surface area (Å²) in [5.41, 5.74) is 1.31. The zero-order valence-electron chi connectivity index (χ0n) is 9.78. The van der Waals surface area contributed by atoms with E-state index < -0.39 is 0 Å². The van der Waals surface area contributed by atoms with Gasteiger partial charge in [0.2, 0.25) is 0 Å². The molecule has 0 spiro atoms. The quantitative estimate of drug-likeness (QED) is 0.921. The van der Waals surface area contributed by atoms with Gasteiger partial charge < -0.3 is 5.32 Å². The minimum absolute atomic E-state index is 0.498. The molecule has 0 amide bonds. The van der Waals surface area contributed by atoms with Crippen LogP contribution in [0, 0.1) is 5.92 Å². The summed E-state index contributed by atoms with van der Waals surface area (Å²) in [7, 11) is 4.22. The highest BCUT2D eigenvalue weighted by molar-refractivity contribution is 9.10. The van der Waals surface area contributed by atoms with Crippen molar-refractivity contribution in [3.63, 3.8) is 0 Å². The first-order chi connectivity index (χ1) is 7.72. The van der Waals surface area contributed by atoms with Crippen molar-refractivity contribution in [2.75, 3.05) is 27.2 Å². The van der Waals surface area contributed by atoms with Crippen LogP contribution in [0.5, 0.6) is 0 Å². The van der Waals surface area contributed by atoms with Crippen LogP contribution in [0.3, 0.4) is 0 Å². The molecule has 1 aliphatic rings. The van der Waals surface area contributed by atoms with Crippen LogP contribution in [0.1, 0.15) is 18.0 Å². The van der Waals surface area contributed by atoms with Gasteiger partial charge in [-0.1, -0.05) is 0 Å². The molecule has 1 aromatic heterocycles. The first-order valence-corrected chi connectivity index (χ1v) is 6.47. The Hall–Kier alpha value is -0.450. The average molecular weight is 284 g/mol. The molecule has 4 heteroatoms. The maximum absolute atomic E-state index is 4.26. The predicted octanol–water partition coefficient (Wildman–Crippen LogP) is 2.06. The first-order valence-electron chi connectivity index (χ1n) is 5.67. The molecule has 1 aliphatic heterocycles. The molecule has 3 nitrogen and oxygen atoms in total. The van der Waals surface area contributed by atoms with E-state index in [4.69, 9.17) is 0 Å². The smallest absolute Gasteiger partial charge is 0.0410 e. The van der Waals surface area contributed by atoms with E-state index in [2.05, 4.69) is 44.2 Å². The highest BCUT2D eigenvalue weighted by Gasteiger charge is 2.32. The molecular formula is C12H18BrN3. The zero-order chi connectivity index (χ0) is 11.5. The van der Waals surface area contributed by atoms with Crippen molar-refractivity contribution >= 4 is 15.9 Å². The molecule has 2 rings (SSSR count). The van der Waals surface area contributed by atoms with Crippen molar-refractivity contribution in [3.05, 3.63) is 28.5 Å². The third-order valence-corrected chi connectivity index (χ3v) is 3.74. The Balaban J connectivity index is 2.22. The Morgan fingerprint density at radius 3 is 3.06 bits per heavy atom. The summed E-state index contributed by atoms with van der Waals surface area (Å²) in [6, 6.07) is 2.68. The molecule has 1 N–H and O–H groups in total. The molecular weight excluding hydrogens is 266 g/mol. The van der Waals surface area contributed by atoms with Gasteiger partial charge in [-0.2, -0.15) is 0 Å². The molecule has 2 unspecified atom stereocenters. The van der Waals surface area contributed by atoms with E-state index in [1.807, 2.05) is 19.4 Å². The summed E-state index contributed by atoms with van der Waals surface area (Å²) in [6.07, 6.45) is 5.08. The standard InChI is InChI=1S/C12H18BrN3/c1-14-6-9-3-4-16(2)12(9)10-5-11(13)8-15-7-10/h5,7-9,12,14H,3-4,6H2,1-2H3. The monoisotopic (exact) mass is 283 g/mol. The number of nitrogens with one attached hydrogen (secondary N) is 1. The van der Waals surface area contributed by atoms with Crippen molar-refractivity contribution in [2.24, 2.45) is 5.92 Å². The maximum Gasteiger partial charge on any atom is 0.0410 e. The number of aromatic nitrogens is 1. The summed E-state index contributed by atoms with van der Waals surface area (Å²) in [5, 5.41) is 3.29. The van der Waals surface area contributed by atoms with Crippen LogP contribution in [-0.2, 0) is 0 Å². The molecule has 88 valence electrons. The average Bonchev–Trinajstić information content (AvgIpc) is 2.60. The number of likely N-dealkylation sites (tertiary alicyclic amines) is 1. The fraction of sp³-hybridized carbons (Fsp3) is 0.583. The molecule has 16 heavy (non-hydrogen) atoms. The largest absolute Gasteiger partial charge is 0.319 e. The van der Waals surface area contributed by atoms with Crippen LogP contribution in [0.2, 0.25) is 0 Å². The van der Waals surface area contributed by atoms with Crippen molar-refractivity contribution < 1.29 is 0 Å². The fourth-order valence-corrected chi connectivity index (χ4v) is 3.00. The van der Waals surface area contributed by atoms with Gasteiger partial charge in [0, 0.05) is 22.9 Å².